The molecule has 0 bridgehead atoms. The van der Waals surface area contributed by atoms with E-state index in [1.54, 1.807) is 18.1 Å². The highest BCUT2D eigenvalue weighted by molar-refractivity contribution is 6.08. The van der Waals surface area contributed by atoms with Crippen molar-refractivity contribution in [1.82, 2.24) is 0 Å². The molecule has 7 nitrogen and oxygen atoms in total. The van der Waals surface area contributed by atoms with Crippen molar-refractivity contribution in [2.75, 3.05) is 36.6 Å². The highest BCUT2D eigenvalue weighted by Crippen LogP contribution is 2.60. The summed E-state index contributed by atoms with van der Waals surface area (Å²) in [5.74, 6) is 0.509. The van der Waals surface area contributed by atoms with Crippen LogP contribution in [0.3, 0.4) is 0 Å². The van der Waals surface area contributed by atoms with Crippen molar-refractivity contribution in [1.29, 1.82) is 0 Å². The molecule has 4 atom stereocenters. The molecule has 5 rings (SSSR count). The molecule has 0 saturated carbocycles. The average molecular weight is 533 g/mol. The normalized spacial score (nSPS) is 26.8. The van der Waals surface area contributed by atoms with Crippen molar-refractivity contribution in [3.8, 4) is 5.75 Å². The van der Waals surface area contributed by atoms with E-state index in [0.29, 0.717) is 25.9 Å². The lowest BCUT2D eigenvalue weighted by atomic mass is 9.63. The van der Waals surface area contributed by atoms with E-state index in [2.05, 4.69) is 39.5 Å². The topological polar surface area (TPSA) is 79.3 Å². The Balaban J connectivity index is 1.63. The zero-order chi connectivity index (χ0) is 27.9. The van der Waals surface area contributed by atoms with E-state index in [1.807, 2.05) is 35.2 Å². The lowest BCUT2D eigenvalue weighted by Gasteiger charge is -2.38. The van der Waals surface area contributed by atoms with Gasteiger partial charge in [-0.25, -0.2) is 0 Å². The highest BCUT2D eigenvalue weighted by Gasteiger charge is 2.65. The number of methoxy groups -OCH3 is 1. The van der Waals surface area contributed by atoms with Gasteiger partial charge in [-0.3, -0.25) is 9.59 Å². The number of hydrogen-bond acceptors (Lipinski definition) is 5. The van der Waals surface area contributed by atoms with Crippen LogP contribution in [0.5, 0.6) is 5.75 Å². The van der Waals surface area contributed by atoms with Gasteiger partial charge in [-0.2, -0.15) is 0 Å². The van der Waals surface area contributed by atoms with Gasteiger partial charge in [-0.15, -0.1) is 6.58 Å². The molecule has 39 heavy (non-hydrogen) atoms. The van der Waals surface area contributed by atoms with Crippen LogP contribution in [0.25, 0.3) is 0 Å². The number of carbonyl (C=O) groups excluding carboxylic acids is 2. The number of benzene rings is 2. The minimum absolute atomic E-state index is 0.0393. The molecule has 1 N–H and O–H groups in total. The number of nitrogens with zero attached hydrogens (tertiary/aromatic N) is 2. The van der Waals surface area contributed by atoms with Crippen LogP contribution >= 0.6 is 0 Å². The summed E-state index contributed by atoms with van der Waals surface area (Å²) < 4.78 is 12.3. The van der Waals surface area contributed by atoms with Crippen molar-refractivity contribution >= 4 is 23.2 Å². The third-order valence-corrected chi connectivity index (χ3v) is 9.18. The Bertz CT molecular complexity index is 1260. The number of aliphatic hydroxyl groups excluding tert-OH is 1. The number of hydrogen-bond donors (Lipinski definition) is 1. The standard InChI is InChI=1S/C32H40N2O5/c1-6-17-34-26-15-12-23(33-18-8-7-9-28(33)36)20-25(26)32(30(34)37)21(2)29(27(39-32)16-19-35)31(3,4)22-10-13-24(38-5)14-11-22/h6,10-15,20-21,27,29,35H,1,7-9,16-19H2,2-5H3/t21-,27+,29-,32+/m0/s1. The molecule has 0 aliphatic carbocycles. The second-order valence-corrected chi connectivity index (χ2v) is 11.6. The summed E-state index contributed by atoms with van der Waals surface area (Å²) in [5, 5.41) is 10.1. The fourth-order valence-corrected chi connectivity index (χ4v) is 7.26. The number of amides is 2. The lowest BCUT2D eigenvalue weighted by molar-refractivity contribution is -0.146. The highest BCUT2D eigenvalue weighted by atomic mass is 16.5. The van der Waals surface area contributed by atoms with E-state index in [0.717, 1.165) is 41.1 Å². The molecule has 3 heterocycles. The van der Waals surface area contributed by atoms with Crippen molar-refractivity contribution in [3.63, 3.8) is 0 Å². The molecule has 2 aromatic rings. The molecule has 0 unspecified atom stereocenters. The fourth-order valence-electron chi connectivity index (χ4n) is 7.26. The number of rotatable bonds is 8. The molecular weight excluding hydrogens is 492 g/mol. The largest absolute Gasteiger partial charge is 0.497 e. The summed E-state index contributed by atoms with van der Waals surface area (Å²) in [4.78, 5) is 30.8. The Morgan fingerprint density at radius 3 is 2.56 bits per heavy atom. The van der Waals surface area contributed by atoms with Gasteiger partial charge in [0.05, 0.1) is 18.9 Å². The summed E-state index contributed by atoms with van der Waals surface area (Å²) in [6.45, 7) is 11.4. The van der Waals surface area contributed by atoms with Gasteiger partial charge in [0.25, 0.3) is 5.91 Å². The Kier molecular flexibility index (Phi) is 7.33. The maximum absolute atomic E-state index is 14.4. The van der Waals surface area contributed by atoms with Crippen LogP contribution in [0.1, 0.15) is 57.6 Å². The van der Waals surface area contributed by atoms with E-state index < -0.39 is 5.60 Å². The zero-order valence-electron chi connectivity index (χ0n) is 23.5. The first-order valence-corrected chi connectivity index (χ1v) is 14.0. The quantitative estimate of drug-likeness (QED) is 0.487. The Labute approximate surface area is 231 Å². The number of anilines is 2. The van der Waals surface area contributed by atoms with Crippen molar-refractivity contribution in [3.05, 3.63) is 66.2 Å². The second-order valence-electron chi connectivity index (χ2n) is 11.6. The first-order valence-electron chi connectivity index (χ1n) is 14.0. The molecule has 7 heteroatoms. The van der Waals surface area contributed by atoms with E-state index in [4.69, 9.17) is 9.47 Å². The van der Waals surface area contributed by atoms with Gasteiger partial charge in [0.15, 0.2) is 5.60 Å². The van der Waals surface area contributed by atoms with Crippen LogP contribution < -0.4 is 14.5 Å². The molecule has 2 saturated heterocycles. The van der Waals surface area contributed by atoms with Crippen LogP contribution in [0.4, 0.5) is 11.4 Å². The molecule has 2 fully saturated rings. The Morgan fingerprint density at radius 2 is 1.92 bits per heavy atom. The molecule has 208 valence electrons. The van der Waals surface area contributed by atoms with Gasteiger partial charge in [0.1, 0.15) is 5.75 Å². The van der Waals surface area contributed by atoms with Gasteiger partial charge >= 0.3 is 0 Å². The SMILES string of the molecule is C=CCN1C(=O)[C@]2(O[C@H](CCO)[C@@H](C(C)(C)c3ccc(OC)cc3)[C@@H]2C)c2cc(N3CCCCC3=O)ccc21. The molecule has 1 spiro atoms. The van der Waals surface area contributed by atoms with Crippen molar-refractivity contribution in [2.24, 2.45) is 11.8 Å². The number of fused-ring (bicyclic) bond motifs is 2. The van der Waals surface area contributed by atoms with E-state index in [-0.39, 0.29) is 41.8 Å². The Morgan fingerprint density at radius 1 is 1.18 bits per heavy atom. The van der Waals surface area contributed by atoms with Gasteiger partial charge in [0.2, 0.25) is 5.91 Å². The van der Waals surface area contributed by atoms with E-state index in [1.165, 1.54) is 0 Å². The number of piperidine rings is 1. The smallest absolute Gasteiger partial charge is 0.264 e. The van der Waals surface area contributed by atoms with Gasteiger partial charge in [-0.1, -0.05) is 39.0 Å². The first kappa shape index (κ1) is 27.4. The van der Waals surface area contributed by atoms with Crippen LogP contribution in [0.2, 0.25) is 0 Å². The van der Waals surface area contributed by atoms with Crippen LogP contribution in [-0.4, -0.2) is 49.8 Å². The van der Waals surface area contributed by atoms with Gasteiger partial charge < -0.3 is 24.4 Å². The molecule has 0 aromatic heterocycles. The van der Waals surface area contributed by atoms with Crippen molar-refractivity contribution < 1.29 is 24.2 Å². The third kappa shape index (κ3) is 4.27. The van der Waals surface area contributed by atoms with E-state index >= 15 is 0 Å². The summed E-state index contributed by atoms with van der Waals surface area (Å²) >= 11 is 0. The maximum Gasteiger partial charge on any atom is 0.264 e. The van der Waals surface area contributed by atoms with Crippen LogP contribution in [-0.2, 0) is 25.3 Å². The molecule has 2 amide bonds. The van der Waals surface area contributed by atoms with Gasteiger partial charge in [-0.05, 0) is 60.6 Å². The minimum Gasteiger partial charge on any atom is -0.497 e. The summed E-state index contributed by atoms with van der Waals surface area (Å²) in [7, 11) is 1.65. The van der Waals surface area contributed by atoms with Crippen LogP contribution in [0.15, 0.2) is 55.1 Å². The van der Waals surface area contributed by atoms with Gasteiger partial charge in [0, 0.05) is 49.2 Å². The molecule has 2 aromatic carbocycles. The van der Waals surface area contributed by atoms with Crippen molar-refractivity contribution in [2.45, 2.75) is 63.6 Å². The Hall–Kier alpha value is -3.16. The maximum atomic E-state index is 14.4. The summed E-state index contributed by atoms with van der Waals surface area (Å²) in [6.07, 6.45) is 4.20. The molecular formula is C32H40N2O5. The summed E-state index contributed by atoms with van der Waals surface area (Å²) in [5.41, 5.74) is 1.92. The predicted molar refractivity (Wildman–Crippen MR) is 152 cm³/mol. The molecule has 3 aliphatic rings. The summed E-state index contributed by atoms with van der Waals surface area (Å²) in [6, 6.07) is 13.9. The lowest BCUT2D eigenvalue weighted by Crippen LogP contribution is -2.46. The fraction of sp³-hybridized carbons (Fsp3) is 0.500. The predicted octanol–water partition coefficient (Wildman–Crippen LogP) is 4.95. The second kappa shape index (κ2) is 10.4. The number of ether oxygens (including phenoxy) is 2. The molecule has 3 aliphatic heterocycles. The zero-order valence-corrected chi connectivity index (χ0v) is 23.5. The first-order chi connectivity index (χ1) is 18.7. The van der Waals surface area contributed by atoms with E-state index in [9.17, 15) is 14.7 Å². The van der Waals surface area contributed by atoms with Crippen LogP contribution in [0, 0.1) is 11.8 Å². The number of carbonyl (C=O) groups is 2. The third-order valence-electron chi connectivity index (χ3n) is 9.18. The average Bonchev–Trinajstić information content (AvgIpc) is 3.36. The monoisotopic (exact) mass is 532 g/mol. The number of aliphatic hydroxyl groups is 1. The molecule has 0 radical (unpaired) electrons. The minimum atomic E-state index is -1.22.